The molecule has 0 atom stereocenters. The molecule has 0 saturated heterocycles. The van der Waals surface area contributed by atoms with Gasteiger partial charge in [-0.1, -0.05) is 0 Å². The van der Waals surface area contributed by atoms with E-state index in [2.05, 4.69) is 41.8 Å². The number of aromatic amines is 2. The normalized spacial score (nSPS) is 10.9. The van der Waals surface area contributed by atoms with Gasteiger partial charge in [-0.15, -0.1) is 0 Å². The second kappa shape index (κ2) is 4.42. The number of ether oxygens (including phenoxy) is 1. The summed E-state index contributed by atoms with van der Waals surface area (Å²) >= 11 is 6.31. The van der Waals surface area contributed by atoms with E-state index in [0.717, 1.165) is 0 Å². The quantitative estimate of drug-likeness (QED) is 0.810. The Morgan fingerprint density at radius 2 is 1.94 bits per heavy atom. The van der Waals surface area contributed by atoms with Crippen LogP contribution in [-0.2, 0) is 0 Å². The monoisotopic (exact) mass is 348 g/mol. The van der Waals surface area contributed by atoms with Crippen LogP contribution in [0.25, 0.3) is 10.9 Å². The van der Waals surface area contributed by atoms with Gasteiger partial charge in [0, 0.05) is 0 Å². The third-order valence-corrected chi connectivity index (χ3v) is 2.31. The lowest BCUT2D eigenvalue weighted by molar-refractivity contribution is 0.377. The van der Waals surface area contributed by atoms with Gasteiger partial charge in [-0.05, 0) is 50.1 Å². The fraction of sp³-hybridized carbons (Fsp3) is 0.111. The van der Waals surface area contributed by atoms with Crippen LogP contribution in [0.3, 0.4) is 0 Å². The van der Waals surface area contributed by atoms with E-state index < -0.39 is 11.2 Å². The van der Waals surface area contributed by atoms with Crippen molar-refractivity contribution >= 4 is 42.8 Å². The predicted octanol–water partition coefficient (Wildman–Crippen LogP) is 1.67. The molecule has 0 bridgehead atoms. The molecule has 1 aromatic heterocycles. The first-order valence-electron chi connectivity index (χ1n) is 4.27. The van der Waals surface area contributed by atoms with Crippen molar-refractivity contribution in [3.05, 3.63) is 39.0 Å². The summed E-state index contributed by atoms with van der Waals surface area (Å²) in [5.41, 5.74) is -0.489. The lowest BCUT2D eigenvalue weighted by atomic mass is 10.2. The molecule has 1 heterocycles. The Morgan fingerprint density at radius 3 is 2.62 bits per heavy atom. The van der Waals surface area contributed by atoms with Gasteiger partial charge in [0.15, 0.2) is 0 Å². The maximum Gasteiger partial charge on any atom is 0.326 e. The smallest absolute Gasteiger partial charge is 0.326 e. The molecule has 0 radical (unpaired) electrons. The average Bonchev–Trinajstić information content (AvgIpc) is 2.18. The Bertz CT molecular complexity index is 632. The number of nitrogens with one attached hydrogen (secondary N) is 2. The lowest BCUT2D eigenvalue weighted by Gasteiger charge is -2.06. The highest BCUT2D eigenvalue weighted by atomic mass is 79.9. The van der Waals surface area contributed by atoms with Gasteiger partial charge >= 0.3 is 5.69 Å². The third kappa shape index (κ3) is 2.35. The SMILES string of the molecule is O=c1[nH]c(=O)c2cc(OC(Br)Br)ccc2[nH]1. The highest BCUT2D eigenvalue weighted by molar-refractivity contribution is 9.24. The molecule has 0 saturated carbocycles. The van der Waals surface area contributed by atoms with Gasteiger partial charge in [-0.2, -0.15) is 0 Å². The van der Waals surface area contributed by atoms with E-state index in [1.54, 1.807) is 18.2 Å². The molecular weight excluding hydrogens is 344 g/mol. The average molecular weight is 350 g/mol. The summed E-state index contributed by atoms with van der Waals surface area (Å²) in [4.78, 5) is 27.2. The molecule has 0 spiro atoms. The number of aromatic nitrogens is 2. The summed E-state index contributed by atoms with van der Waals surface area (Å²) in [5.74, 6) is 0.517. The number of H-pyrrole nitrogens is 2. The van der Waals surface area contributed by atoms with Gasteiger partial charge in [-0.25, -0.2) is 4.79 Å². The molecule has 5 nitrogen and oxygen atoms in total. The number of hydrogen-bond donors (Lipinski definition) is 2. The lowest BCUT2D eigenvalue weighted by Crippen LogP contribution is -2.21. The zero-order valence-electron chi connectivity index (χ0n) is 7.79. The van der Waals surface area contributed by atoms with Crippen LogP contribution in [0.1, 0.15) is 0 Å². The molecular formula is C9H6Br2N2O3. The van der Waals surface area contributed by atoms with E-state index in [9.17, 15) is 9.59 Å². The summed E-state index contributed by atoms with van der Waals surface area (Å²) in [6.45, 7) is 0. The highest BCUT2D eigenvalue weighted by Gasteiger charge is 2.05. The summed E-state index contributed by atoms with van der Waals surface area (Å²) in [6, 6.07) is 4.83. The van der Waals surface area contributed by atoms with Crippen molar-refractivity contribution in [1.82, 2.24) is 9.97 Å². The van der Waals surface area contributed by atoms with E-state index in [-0.39, 0.29) is 3.92 Å². The Labute approximate surface area is 106 Å². The molecule has 0 fully saturated rings. The highest BCUT2D eigenvalue weighted by Crippen LogP contribution is 2.20. The predicted molar refractivity (Wildman–Crippen MR) is 67.5 cm³/mol. The van der Waals surface area contributed by atoms with E-state index in [0.29, 0.717) is 16.7 Å². The molecule has 2 N–H and O–H groups in total. The van der Waals surface area contributed by atoms with Gasteiger partial charge in [0.05, 0.1) is 10.9 Å². The fourth-order valence-corrected chi connectivity index (χ4v) is 1.75. The van der Waals surface area contributed by atoms with Gasteiger partial charge in [0.1, 0.15) is 5.75 Å². The van der Waals surface area contributed by atoms with Crippen LogP contribution < -0.4 is 16.0 Å². The minimum absolute atomic E-state index is 0.334. The van der Waals surface area contributed by atoms with Crippen LogP contribution in [0, 0.1) is 0 Å². The zero-order chi connectivity index (χ0) is 11.7. The van der Waals surface area contributed by atoms with Gasteiger partial charge in [0.2, 0.25) is 3.92 Å². The first kappa shape index (κ1) is 11.4. The second-order valence-electron chi connectivity index (χ2n) is 2.99. The molecule has 0 amide bonds. The van der Waals surface area contributed by atoms with E-state index in [4.69, 9.17) is 4.74 Å². The minimum Gasteiger partial charge on any atom is -0.469 e. The zero-order valence-corrected chi connectivity index (χ0v) is 11.0. The molecule has 0 aliphatic carbocycles. The first-order chi connectivity index (χ1) is 7.56. The third-order valence-electron chi connectivity index (χ3n) is 1.94. The standard InChI is InChI=1S/C9H6Br2N2O3/c10-8(11)16-4-1-2-6-5(3-4)7(14)13-9(15)12-6/h1-3,8H,(H2,12,13,14,15). The van der Waals surface area contributed by atoms with Crippen LogP contribution in [0.2, 0.25) is 0 Å². The fourth-order valence-electron chi connectivity index (χ4n) is 1.32. The summed E-state index contributed by atoms with van der Waals surface area (Å²) in [6.07, 6.45) is 0. The summed E-state index contributed by atoms with van der Waals surface area (Å²) in [5, 5.41) is 0.373. The molecule has 84 valence electrons. The van der Waals surface area contributed by atoms with Crippen LogP contribution in [0.4, 0.5) is 0 Å². The van der Waals surface area contributed by atoms with Crippen LogP contribution in [-0.4, -0.2) is 13.9 Å². The summed E-state index contributed by atoms with van der Waals surface area (Å²) in [7, 11) is 0. The van der Waals surface area contributed by atoms with E-state index in [1.165, 1.54) is 0 Å². The number of hydrogen-bond acceptors (Lipinski definition) is 3. The van der Waals surface area contributed by atoms with Crippen LogP contribution in [0.5, 0.6) is 5.75 Å². The van der Waals surface area contributed by atoms with Crippen molar-refractivity contribution in [1.29, 1.82) is 0 Å². The number of halogens is 2. The van der Waals surface area contributed by atoms with Crippen LogP contribution in [0.15, 0.2) is 27.8 Å². The van der Waals surface area contributed by atoms with Gasteiger partial charge in [0.25, 0.3) is 5.56 Å². The Hall–Kier alpha value is -1.08. The molecule has 0 aliphatic heterocycles. The van der Waals surface area contributed by atoms with Crippen molar-refractivity contribution in [2.24, 2.45) is 0 Å². The first-order valence-corrected chi connectivity index (χ1v) is 6.10. The van der Waals surface area contributed by atoms with Crippen molar-refractivity contribution in [3.8, 4) is 5.75 Å². The van der Waals surface area contributed by atoms with Crippen LogP contribution >= 0.6 is 31.9 Å². The Kier molecular flexibility index (Phi) is 3.15. The maximum absolute atomic E-state index is 11.5. The van der Waals surface area contributed by atoms with Gasteiger partial charge in [-0.3, -0.25) is 9.78 Å². The Morgan fingerprint density at radius 1 is 1.19 bits per heavy atom. The Balaban J connectivity index is 2.62. The molecule has 7 heteroatoms. The largest absolute Gasteiger partial charge is 0.469 e. The molecule has 0 unspecified atom stereocenters. The van der Waals surface area contributed by atoms with Crippen molar-refractivity contribution < 1.29 is 4.74 Å². The number of fused-ring (bicyclic) bond motifs is 1. The molecule has 16 heavy (non-hydrogen) atoms. The second-order valence-corrected chi connectivity index (χ2v) is 5.89. The number of benzene rings is 1. The molecule has 1 aromatic carbocycles. The molecule has 2 rings (SSSR count). The van der Waals surface area contributed by atoms with E-state index in [1.807, 2.05) is 0 Å². The minimum atomic E-state index is -0.523. The van der Waals surface area contributed by atoms with E-state index >= 15 is 0 Å². The summed E-state index contributed by atoms with van der Waals surface area (Å²) < 4.78 is 4.96. The van der Waals surface area contributed by atoms with Crippen molar-refractivity contribution in [3.63, 3.8) is 0 Å². The van der Waals surface area contributed by atoms with Crippen molar-refractivity contribution in [2.45, 2.75) is 3.92 Å². The number of alkyl halides is 2. The molecule has 2 aromatic rings. The maximum atomic E-state index is 11.5. The number of rotatable bonds is 2. The molecule has 0 aliphatic rings. The topological polar surface area (TPSA) is 74.9 Å². The van der Waals surface area contributed by atoms with Gasteiger partial charge < -0.3 is 9.72 Å². The van der Waals surface area contributed by atoms with Crippen molar-refractivity contribution in [2.75, 3.05) is 0 Å².